The maximum atomic E-state index is 12.8. The molecule has 0 aromatic rings. The lowest BCUT2D eigenvalue weighted by Gasteiger charge is -2.34. The Morgan fingerprint density at radius 3 is 1.32 bits per heavy atom. The molecule has 0 aliphatic rings. The smallest absolute Gasteiger partial charge is 0.306 e. The maximum Gasteiger partial charge on any atom is 0.306 e. The largest absolute Gasteiger partial charge is 0.544 e. The Morgan fingerprint density at radius 2 is 0.889 bits per heavy atom. The first-order valence-corrected chi connectivity index (χ1v) is 25.5. The summed E-state index contributed by atoms with van der Waals surface area (Å²) in [6.07, 6.45) is 57.8. The summed E-state index contributed by atoms with van der Waals surface area (Å²) in [5, 5.41) is 11.7. The molecule has 0 aliphatic heterocycles. The minimum Gasteiger partial charge on any atom is -0.544 e. The van der Waals surface area contributed by atoms with Crippen LogP contribution in [0.1, 0.15) is 206 Å². The van der Waals surface area contributed by atoms with Crippen molar-refractivity contribution in [2.45, 2.75) is 219 Å². The van der Waals surface area contributed by atoms with Gasteiger partial charge >= 0.3 is 11.9 Å². The average molecular weight is 882 g/mol. The number of rotatable bonds is 45. The van der Waals surface area contributed by atoms with E-state index >= 15 is 0 Å². The normalized spacial score (nSPS) is 13.5. The van der Waals surface area contributed by atoms with Crippen LogP contribution in [0.15, 0.2) is 72.9 Å². The van der Waals surface area contributed by atoms with Crippen LogP contribution in [0, 0.1) is 0 Å². The van der Waals surface area contributed by atoms with Gasteiger partial charge in [0.2, 0.25) is 0 Å². The molecular weight excluding hydrogens is 787 g/mol. The van der Waals surface area contributed by atoms with E-state index in [4.69, 9.17) is 14.2 Å². The summed E-state index contributed by atoms with van der Waals surface area (Å²) in [6.45, 7) is 4.53. The molecule has 8 nitrogen and oxygen atoms in total. The summed E-state index contributed by atoms with van der Waals surface area (Å²) >= 11 is 0. The highest BCUT2D eigenvalue weighted by atomic mass is 16.6. The molecule has 0 saturated carbocycles. The van der Waals surface area contributed by atoms with E-state index in [9.17, 15) is 19.5 Å². The Morgan fingerprint density at radius 1 is 0.492 bits per heavy atom. The predicted molar refractivity (Wildman–Crippen MR) is 263 cm³/mol. The second-order valence-corrected chi connectivity index (χ2v) is 18.0. The van der Waals surface area contributed by atoms with E-state index in [1.54, 1.807) is 21.1 Å². The zero-order valence-corrected chi connectivity index (χ0v) is 41.2. The minimum absolute atomic E-state index is 0.0287. The van der Waals surface area contributed by atoms with Crippen LogP contribution in [-0.4, -0.2) is 75.5 Å². The van der Waals surface area contributed by atoms with Crippen LogP contribution in [0.3, 0.4) is 0 Å². The van der Waals surface area contributed by atoms with Crippen LogP contribution in [0.4, 0.5) is 0 Å². The van der Waals surface area contributed by atoms with E-state index in [1.165, 1.54) is 83.5 Å². The Kier molecular flexibility index (Phi) is 43.0. The fourth-order valence-electron chi connectivity index (χ4n) is 7.19. The van der Waals surface area contributed by atoms with Gasteiger partial charge in [0.1, 0.15) is 12.6 Å². The van der Waals surface area contributed by atoms with Crippen molar-refractivity contribution in [2.75, 3.05) is 41.0 Å². The first-order chi connectivity index (χ1) is 30.6. The number of hydrogen-bond acceptors (Lipinski definition) is 7. The molecule has 0 fully saturated rings. The van der Waals surface area contributed by atoms with Gasteiger partial charge in [-0.15, -0.1) is 0 Å². The minimum atomic E-state index is -1.13. The maximum absolute atomic E-state index is 12.8. The number of nitrogens with zero attached hydrogens (tertiary/aromatic N) is 1. The van der Waals surface area contributed by atoms with Crippen molar-refractivity contribution in [1.29, 1.82) is 0 Å². The summed E-state index contributed by atoms with van der Waals surface area (Å²) in [6, 6.07) is -0.733. The Hall–Kier alpha value is -3.23. The van der Waals surface area contributed by atoms with Crippen LogP contribution in [0.5, 0.6) is 0 Å². The third-order valence-corrected chi connectivity index (χ3v) is 11.1. The van der Waals surface area contributed by atoms with Gasteiger partial charge in [-0.1, -0.05) is 196 Å². The topological polar surface area (TPSA) is 102 Å². The van der Waals surface area contributed by atoms with E-state index in [2.05, 4.69) is 86.8 Å². The molecule has 0 aliphatic carbocycles. The number of aliphatic carboxylic acids is 1. The van der Waals surface area contributed by atoms with E-state index in [0.717, 1.165) is 89.9 Å². The van der Waals surface area contributed by atoms with Crippen molar-refractivity contribution in [3.63, 3.8) is 0 Å². The molecule has 0 aromatic heterocycles. The fraction of sp³-hybridized carbons (Fsp3) is 0.727. The Balaban J connectivity index is 4.32. The van der Waals surface area contributed by atoms with Gasteiger partial charge in [-0.25, -0.2) is 0 Å². The van der Waals surface area contributed by atoms with Gasteiger partial charge in [0.15, 0.2) is 6.10 Å². The molecule has 0 bridgehead atoms. The third kappa shape index (κ3) is 43.8. The van der Waals surface area contributed by atoms with Crippen LogP contribution in [0.2, 0.25) is 0 Å². The van der Waals surface area contributed by atoms with Gasteiger partial charge in [-0.3, -0.25) is 9.59 Å². The summed E-state index contributed by atoms with van der Waals surface area (Å²) in [5.74, 6) is -1.77. The molecule has 362 valence electrons. The van der Waals surface area contributed by atoms with Crippen LogP contribution in [0.25, 0.3) is 0 Å². The van der Waals surface area contributed by atoms with E-state index in [-0.39, 0.29) is 49.1 Å². The van der Waals surface area contributed by atoms with Crippen LogP contribution < -0.4 is 5.11 Å². The number of carboxylic acid groups (broad SMARTS) is 1. The van der Waals surface area contributed by atoms with Crippen molar-refractivity contribution in [1.82, 2.24) is 0 Å². The number of allylic oxidation sites excluding steroid dienone is 12. The molecule has 2 atom stereocenters. The lowest BCUT2D eigenvalue weighted by molar-refractivity contribution is -0.889. The number of carbonyl (C=O) groups is 3. The highest BCUT2D eigenvalue weighted by molar-refractivity contribution is 5.70. The molecule has 2 unspecified atom stereocenters. The van der Waals surface area contributed by atoms with Gasteiger partial charge in [-0.05, 0) is 64.2 Å². The predicted octanol–water partition coefficient (Wildman–Crippen LogP) is 13.4. The Bertz CT molecular complexity index is 1260. The molecule has 0 heterocycles. The molecule has 0 saturated heterocycles. The molecule has 8 heteroatoms. The number of unbranched alkanes of at least 4 members (excludes halogenated alkanes) is 19. The van der Waals surface area contributed by atoms with E-state index in [1.807, 2.05) is 0 Å². The molecule has 63 heavy (non-hydrogen) atoms. The number of quaternary nitrogens is 1. The SMILES string of the molecule is CC/C=C/C/C=C/C/C=C/C/C=C/C/C=C/C/C=C/CCCCCCC(=O)OC(COCCC(C(=O)[O-])[N+](C)(C)C)COC(=O)CCCCCCCCCCCCCCCCCC. The van der Waals surface area contributed by atoms with Crippen molar-refractivity contribution < 1.29 is 38.2 Å². The third-order valence-electron chi connectivity index (χ3n) is 11.1. The molecule has 0 amide bonds. The fourth-order valence-corrected chi connectivity index (χ4v) is 7.19. The monoisotopic (exact) mass is 882 g/mol. The summed E-state index contributed by atoms with van der Waals surface area (Å²) in [7, 11) is 5.40. The zero-order chi connectivity index (χ0) is 46.3. The van der Waals surface area contributed by atoms with Gasteiger partial charge < -0.3 is 28.6 Å². The number of ether oxygens (including phenoxy) is 3. The zero-order valence-electron chi connectivity index (χ0n) is 41.2. The number of carbonyl (C=O) groups excluding carboxylic acids is 3. The molecule has 0 radical (unpaired) electrons. The second-order valence-electron chi connectivity index (χ2n) is 18.0. The number of esters is 2. The van der Waals surface area contributed by atoms with E-state index in [0.29, 0.717) is 6.42 Å². The number of likely N-dealkylation sites (N-methyl/N-ethyl adjacent to an activating group) is 1. The van der Waals surface area contributed by atoms with Gasteiger partial charge in [-0.2, -0.15) is 0 Å². The van der Waals surface area contributed by atoms with E-state index < -0.39 is 18.1 Å². The summed E-state index contributed by atoms with van der Waals surface area (Å²) in [5.41, 5.74) is 0. The average Bonchev–Trinajstić information content (AvgIpc) is 3.24. The molecule has 0 aromatic carbocycles. The highest BCUT2D eigenvalue weighted by Crippen LogP contribution is 2.15. The molecular formula is C55H95NO7. The van der Waals surface area contributed by atoms with Crippen molar-refractivity contribution in [3.8, 4) is 0 Å². The van der Waals surface area contributed by atoms with Crippen LogP contribution in [-0.2, 0) is 28.6 Å². The number of hydrogen-bond donors (Lipinski definition) is 0. The van der Waals surface area contributed by atoms with Crippen molar-refractivity contribution in [2.24, 2.45) is 0 Å². The second kappa shape index (κ2) is 45.3. The standard InChI is InChI=1S/C55H95NO7/c1-6-8-10-12-14-16-18-20-22-24-25-26-27-28-29-30-32-34-36-38-40-42-44-46-54(58)63-51(49-61-48-47-52(55(59)60)56(3,4)5)50-62-53(57)45-43-41-39-37-35-33-31-23-21-19-17-15-13-11-9-7-2/h8,10,14,16,20,22,25-26,28-29,32,34,51-52H,6-7,9,11-13,15,17-19,21,23-24,27,30-31,33,35-50H2,1-5H3/b10-8+,16-14+,22-20+,26-25+,29-28+,34-32+. The van der Waals surface area contributed by atoms with Crippen molar-refractivity contribution in [3.05, 3.63) is 72.9 Å². The highest BCUT2D eigenvalue weighted by Gasteiger charge is 2.25. The lowest BCUT2D eigenvalue weighted by atomic mass is 10.0. The summed E-state index contributed by atoms with van der Waals surface area (Å²) in [4.78, 5) is 37.0. The first kappa shape index (κ1) is 59.8. The van der Waals surface area contributed by atoms with Gasteiger partial charge in [0.05, 0.1) is 40.3 Å². The Labute approximate surface area is 387 Å². The quantitative estimate of drug-likeness (QED) is 0.0260. The molecule has 0 spiro atoms. The number of carboxylic acids is 1. The molecule has 0 N–H and O–H groups in total. The van der Waals surface area contributed by atoms with Gasteiger partial charge in [0, 0.05) is 19.3 Å². The van der Waals surface area contributed by atoms with Crippen LogP contribution >= 0.6 is 0 Å². The lowest BCUT2D eigenvalue weighted by Crippen LogP contribution is -2.55. The van der Waals surface area contributed by atoms with Gasteiger partial charge in [0.25, 0.3) is 0 Å². The van der Waals surface area contributed by atoms with Crippen molar-refractivity contribution >= 4 is 17.9 Å². The molecule has 0 rings (SSSR count). The first-order valence-electron chi connectivity index (χ1n) is 25.5. The summed E-state index contributed by atoms with van der Waals surface area (Å²) < 4.78 is 17.2.